The van der Waals surface area contributed by atoms with Gasteiger partial charge >= 0.3 is 0 Å². The highest BCUT2D eigenvalue weighted by Crippen LogP contribution is 2.24. The molecule has 0 radical (unpaired) electrons. The van der Waals surface area contributed by atoms with Gasteiger partial charge in [-0.15, -0.1) is 0 Å². The first kappa shape index (κ1) is 15.4. The highest BCUT2D eigenvalue weighted by molar-refractivity contribution is 5.99. The van der Waals surface area contributed by atoms with Crippen LogP contribution in [0.2, 0.25) is 0 Å². The lowest BCUT2D eigenvalue weighted by Crippen LogP contribution is -2.40. The highest BCUT2D eigenvalue weighted by Gasteiger charge is 2.25. The van der Waals surface area contributed by atoms with E-state index in [1.807, 2.05) is 0 Å². The van der Waals surface area contributed by atoms with E-state index in [9.17, 15) is 14.0 Å². The second-order valence-corrected chi connectivity index (χ2v) is 5.31. The Hall–Kier alpha value is -1.95. The summed E-state index contributed by atoms with van der Waals surface area (Å²) >= 11 is 0. The van der Waals surface area contributed by atoms with Crippen LogP contribution in [0.3, 0.4) is 0 Å². The number of amides is 2. The topological polar surface area (TPSA) is 66.6 Å². The smallest absolute Gasteiger partial charge is 0.256 e. The van der Waals surface area contributed by atoms with Crippen LogP contribution in [-0.2, 0) is 4.79 Å². The van der Waals surface area contributed by atoms with Gasteiger partial charge in [-0.2, -0.15) is 0 Å². The van der Waals surface area contributed by atoms with Crippen LogP contribution in [0.5, 0.6) is 0 Å². The molecule has 2 amide bonds. The van der Waals surface area contributed by atoms with Gasteiger partial charge in [0.25, 0.3) is 5.91 Å². The summed E-state index contributed by atoms with van der Waals surface area (Å²) < 4.78 is 13.9. The predicted octanol–water partition coefficient (Wildman–Crippen LogP) is 1.37. The minimum Gasteiger partial charge on any atom is -0.338 e. The van der Waals surface area contributed by atoms with Crippen molar-refractivity contribution in [1.29, 1.82) is 0 Å². The average Bonchev–Trinajstić information content (AvgIpc) is 2.91. The summed E-state index contributed by atoms with van der Waals surface area (Å²) in [5.41, 5.74) is 6.07. The zero-order valence-electron chi connectivity index (χ0n) is 12.3. The molecule has 0 aromatic heterocycles. The molecule has 2 N–H and O–H groups in total. The van der Waals surface area contributed by atoms with Crippen LogP contribution in [0.1, 0.15) is 30.1 Å². The molecule has 1 fully saturated rings. The van der Waals surface area contributed by atoms with E-state index in [1.54, 1.807) is 18.9 Å². The molecule has 0 bridgehead atoms. The van der Waals surface area contributed by atoms with E-state index >= 15 is 0 Å². The van der Waals surface area contributed by atoms with Gasteiger partial charge in [0, 0.05) is 38.3 Å². The molecule has 114 valence electrons. The van der Waals surface area contributed by atoms with Crippen molar-refractivity contribution in [3.63, 3.8) is 0 Å². The van der Waals surface area contributed by atoms with E-state index in [-0.39, 0.29) is 17.5 Å². The number of rotatable bonds is 4. The molecule has 5 nitrogen and oxygen atoms in total. The molecule has 1 atom stereocenters. The monoisotopic (exact) mass is 293 g/mol. The molecule has 1 aromatic carbocycles. The van der Waals surface area contributed by atoms with E-state index in [4.69, 9.17) is 5.73 Å². The number of hydrogen-bond donors (Lipinski definition) is 1. The molecule has 1 aliphatic rings. The molecule has 0 unspecified atom stereocenters. The third-order valence-electron chi connectivity index (χ3n) is 3.89. The second kappa shape index (κ2) is 6.22. The molecule has 1 heterocycles. The van der Waals surface area contributed by atoms with Crippen LogP contribution >= 0.6 is 0 Å². The van der Waals surface area contributed by atoms with Gasteiger partial charge in [0.15, 0.2) is 0 Å². The van der Waals surface area contributed by atoms with E-state index in [0.717, 1.165) is 6.42 Å². The second-order valence-electron chi connectivity index (χ2n) is 5.31. The standard InChI is InChI=1S/C15H20FN3O2/c1-10(9-17)18(2)15(21)12-8-11(5-6-13(12)16)19-7-3-4-14(19)20/h5-6,8,10H,3-4,7,9,17H2,1-2H3/t10-/m1/s1. The summed E-state index contributed by atoms with van der Waals surface area (Å²) in [6.45, 7) is 2.70. The number of halogens is 1. The average molecular weight is 293 g/mol. The van der Waals surface area contributed by atoms with E-state index in [2.05, 4.69) is 0 Å². The summed E-state index contributed by atoms with van der Waals surface area (Å²) in [5, 5.41) is 0. The highest BCUT2D eigenvalue weighted by atomic mass is 19.1. The van der Waals surface area contributed by atoms with Crippen molar-refractivity contribution in [2.75, 3.05) is 25.0 Å². The number of anilines is 1. The van der Waals surface area contributed by atoms with Gasteiger partial charge in [-0.3, -0.25) is 9.59 Å². The van der Waals surface area contributed by atoms with Crippen molar-refractivity contribution in [2.45, 2.75) is 25.8 Å². The number of likely N-dealkylation sites (N-methyl/N-ethyl adjacent to an activating group) is 1. The largest absolute Gasteiger partial charge is 0.338 e. The molecular formula is C15H20FN3O2. The zero-order chi connectivity index (χ0) is 15.6. The lowest BCUT2D eigenvalue weighted by molar-refractivity contribution is -0.117. The Kier molecular flexibility index (Phi) is 4.57. The SMILES string of the molecule is C[C@H](CN)N(C)C(=O)c1cc(N2CCCC2=O)ccc1F. The molecule has 1 aliphatic heterocycles. The normalized spacial score (nSPS) is 16.2. The van der Waals surface area contributed by atoms with Crippen molar-refractivity contribution in [2.24, 2.45) is 5.73 Å². The predicted molar refractivity (Wildman–Crippen MR) is 78.6 cm³/mol. The van der Waals surface area contributed by atoms with Crippen molar-refractivity contribution < 1.29 is 14.0 Å². The summed E-state index contributed by atoms with van der Waals surface area (Å²) in [6, 6.07) is 4.02. The number of nitrogens with two attached hydrogens (primary N) is 1. The summed E-state index contributed by atoms with van der Waals surface area (Å²) in [7, 11) is 1.59. The van der Waals surface area contributed by atoms with Crippen LogP contribution in [0.25, 0.3) is 0 Å². The first-order valence-electron chi connectivity index (χ1n) is 7.03. The van der Waals surface area contributed by atoms with E-state index in [1.165, 1.54) is 23.1 Å². The first-order valence-corrected chi connectivity index (χ1v) is 7.03. The van der Waals surface area contributed by atoms with Crippen molar-refractivity contribution in [1.82, 2.24) is 4.90 Å². The van der Waals surface area contributed by atoms with Crippen LogP contribution < -0.4 is 10.6 Å². The Labute approximate surface area is 123 Å². The number of benzene rings is 1. The van der Waals surface area contributed by atoms with E-state index < -0.39 is 11.7 Å². The molecule has 0 aliphatic carbocycles. The summed E-state index contributed by atoms with van der Waals surface area (Å²) in [6.07, 6.45) is 1.27. The lowest BCUT2D eigenvalue weighted by Gasteiger charge is -2.24. The van der Waals surface area contributed by atoms with Crippen molar-refractivity contribution in [3.8, 4) is 0 Å². The zero-order valence-corrected chi connectivity index (χ0v) is 12.3. The molecule has 0 spiro atoms. The fourth-order valence-corrected chi connectivity index (χ4v) is 2.31. The van der Waals surface area contributed by atoms with Crippen LogP contribution in [-0.4, -0.2) is 42.9 Å². The third-order valence-corrected chi connectivity index (χ3v) is 3.89. The molecule has 21 heavy (non-hydrogen) atoms. The number of nitrogens with zero attached hydrogens (tertiary/aromatic N) is 2. The maximum absolute atomic E-state index is 13.9. The summed E-state index contributed by atoms with van der Waals surface area (Å²) in [4.78, 5) is 27.1. The number of carbonyl (C=O) groups excluding carboxylic acids is 2. The van der Waals surface area contributed by atoms with Crippen molar-refractivity contribution >= 4 is 17.5 Å². The van der Waals surface area contributed by atoms with Gasteiger partial charge in [-0.05, 0) is 31.5 Å². The Morgan fingerprint density at radius 3 is 2.81 bits per heavy atom. The molecule has 6 heteroatoms. The quantitative estimate of drug-likeness (QED) is 0.912. The number of hydrogen-bond acceptors (Lipinski definition) is 3. The third kappa shape index (κ3) is 3.05. The fraction of sp³-hybridized carbons (Fsp3) is 0.467. The Morgan fingerprint density at radius 2 is 2.24 bits per heavy atom. The molecule has 1 aromatic rings. The van der Waals surface area contributed by atoms with Gasteiger partial charge in [0.05, 0.1) is 5.56 Å². The van der Waals surface area contributed by atoms with Gasteiger partial charge in [-0.25, -0.2) is 4.39 Å². The minimum atomic E-state index is -0.591. The maximum Gasteiger partial charge on any atom is 0.256 e. The van der Waals surface area contributed by atoms with Gasteiger partial charge < -0.3 is 15.5 Å². The van der Waals surface area contributed by atoms with E-state index in [0.29, 0.717) is 25.2 Å². The van der Waals surface area contributed by atoms with Crippen LogP contribution in [0, 0.1) is 5.82 Å². The Balaban J connectivity index is 2.31. The maximum atomic E-state index is 13.9. The van der Waals surface area contributed by atoms with Gasteiger partial charge in [-0.1, -0.05) is 0 Å². The first-order chi connectivity index (χ1) is 9.95. The van der Waals surface area contributed by atoms with Crippen LogP contribution in [0.4, 0.5) is 10.1 Å². The van der Waals surface area contributed by atoms with Crippen LogP contribution in [0.15, 0.2) is 18.2 Å². The number of carbonyl (C=O) groups is 2. The molecule has 2 rings (SSSR count). The van der Waals surface area contributed by atoms with Gasteiger partial charge in [0.2, 0.25) is 5.91 Å². The molecule has 0 saturated carbocycles. The lowest BCUT2D eigenvalue weighted by atomic mass is 10.1. The fourth-order valence-electron chi connectivity index (χ4n) is 2.31. The Bertz CT molecular complexity index is 562. The summed E-state index contributed by atoms with van der Waals surface area (Å²) in [5.74, 6) is -1.02. The van der Waals surface area contributed by atoms with Gasteiger partial charge in [0.1, 0.15) is 5.82 Å². The molecule has 1 saturated heterocycles. The minimum absolute atomic E-state index is 0.00341. The molecular weight excluding hydrogens is 273 g/mol. The Morgan fingerprint density at radius 1 is 1.52 bits per heavy atom. The van der Waals surface area contributed by atoms with Crippen molar-refractivity contribution in [3.05, 3.63) is 29.6 Å².